The van der Waals surface area contributed by atoms with Crippen LogP contribution < -0.4 is 11.2 Å². The molecule has 0 atom stereocenters. The fourth-order valence-corrected chi connectivity index (χ4v) is 3.38. The van der Waals surface area contributed by atoms with E-state index in [1.807, 2.05) is 32.9 Å². The standard InChI is InChI=1S/C21H27N3O4/c1-21(2,3)28-20(27)23-11-8-17(9-12-23)16-6-4-15(5-7-16)14-24-13-10-18(25)22-19(24)26/h4-7,10,13,17H,8-9,11-12,14H2,1-3H3,(H,22,25,26). The van der Waals surface area contributed by atoms with Gasteiger partial charge in [-0.05, 0) is 50.7 Å². The predicted molar refractivity (Wildman–Crippen MR) is 107 cm³/mol. The van der Waals surface area contributed by atoms with E-state index in [2.05, 4.69) is 17.1 Å². The Morgan fingerprint density at radius 3 is 2.32 bits per heavy atom. The highest BCUT2D eigenvalue weighted by Gasteiger charge is 2.27. The molecule has 1 fully saturated rings. The first-order valence-corrected chi connectivity index (χ1v) is 9.58. The maximum absolute atomic E-state index is 12.2. The van der Waals surface area contributed by atoms with Crippen LogP contribution in [0.4, 0.5) is 4.79 Å². The number of piperidine rings is 1. The molecule has 3 rings (SSSR count). The van der Waals surface area contributed by atoms with E-state index in [-0.39, 0.29) is 6.09 Å². The summed E-state index contributed by atoms with van der Waals surface area (Å²) in [6.45, 7) is 7.41. The van der Waals surface area contributed by atoms with Crippen molar-refractivity contribution in [3.8, 4) is 0 Å². The number of rotatable bonds is 3. The first-order valence-electron chi connectivity index (χ1n) is 9.58. The summed E-state index contributed by atoms with van der Waals surface area (Å²) in [6, 6.07) is 9.52. The smallest absolute Gasteiger partial charge is 0.410 e. The molecule has 0 aliphatic carbocycles. The lowest BCUT2D eigenvalue weighted by molar-refractivity contribution is 0.0205. The van der Waals surface area contributed by atoms with Gasteiger partial charge in [0, 0.05) is 25.4 Å². The molecule has 0 bridgehead atoms. The minimum Gasteiger partial charge on any atom is -0.444 e. The van der Waals surface area contributed by atoms with Crippen molar-refractivity contribution in [2.45, 2.75) is 51.7 Å². The van der Waals surface area contributed by atoms with Gasteiger partial charge in [0.15, 0.2) is 0 Å². The van der Waals surface area contributed by atoms with E-state index in [0.29, 0.717) is 25.6 Å². The summed E-state index contributed by atoms with van der Waals surface area (Å²) < 4.78 is 6.91. The summed E-state index contributed by atoms with van der Waals surface area (Å²) in [7, 11) is 0. The Morgan fingerprint density at radius 2 is 1.75 bits per heavy atom. The zero-order valence-electron chi connectivity index (χ0n) is 16.6. The van der Waals surface area contributed by atoms with E-state index in [1.54, 1.807) is 4.90 Å². The Morgan fingerprint density at radius 1 is 1.11 bits per heavy atom. The third-order valence-corrected chi connectivity index (χ3v) is 4.85. The van der Waals surface area contributed by atoms with Crippen LogP contribution in [-0.4, -0.2) is 39.2 Å². The van der Waals surface area contributed by atoms with Crippen LogP contribution in [0.25, 0.3) is 0 Å². The molecule has 0 saturated carbocycles. The second-order valence-corrected chi connectivity index (χ2v) is 8.22. The number of aromatic nitrogens is 2. The normalized spacial score (nSPS) is 15.5. The second-order valence-electron chi connectivity index (χ2n) is 8.22. The van der Waals surface area contributed by atoms with Gasteiger partial charge in [-0.1, -0.05) is 24.3 Å². The largest absolute Gasteiger partial charge is 0.444 e. The third-order valence-electron chi connectivity index (χ3n) is 4.85. The monoisotopic (exact) mass is 385 g/mol. The average Bonchev–Trinajstić information content (AvgIpc) is 2.63. The molecule has 1 amide bonds. The minimum atomic E-state index is -0.475. The first-order chi connectivity index (χ1) is 13.2. The molecule has 0 unspecified atom stereocenters. The highest BCUT2D eigenvalue weighted by molar-refractivity contribution is 5.68. The van der Waals surface area contributed by atoms with Crippen LogP contribution in [0.15, 0.2) is 46.1 Å². The zero-order chi connectivity index (χ0) is 20.3. The molecule has 7 nitrogen and oxygen atoms in total. The van der Waals surface area contributed by atoms with E-state index >= 15 is 0 Å². The van der Waals surface area contributed by atoms with Crippen LogP contribution in [0, 0.1) is 0 Å². The van der Waals surface area contributed by atoms with Crippen LogP contribution >= 0.6 is 0 Å². The van der Waals surface area contributed by atoms with E-state index in [4.69, 9.17) is 4.74 Å². The van der Waals surface area contributed by atoms with Crippen LogP contribution in [0.1, 0.15) is 50.7 Å². The molecular weight excluding hydrogens is 358 g/mol. The molecule has 2 heterocycles. The van der Waals surface area contributed by atoms with Crippen molar-refractivity contribution >= 4 is 6.09 Å². The number of ether oxygens (including phenoxy) is 1. The van der Waals surface area contributed by atoms with E-state index in [9.17, 15) is 14.4 Å². The number of hydrogen-bond acceptors (Lipinski definition) is 4. The molecule has 2 aromatic rings. The number of amides is 1. The average molecular weight is 385 g/mol. The number of hydrogen-bond donors (Lipinski definition) is 1. The number of nitrogens with one attached hydrogen (secondary N) is 1. The number of H-pyrrole nitrogens is 1. The minimum absolute atomic E-state index is 0.243. The fourth-order valence-electron chi connectivity index (χ4n) is 3.38. The first kappa shape index (κ1) is 19.9. The number of carbonyl (C=O) groups is 1. The van der Waals surface area contributed by atoms with Crippen molar-refractivity contribution in [1.82, 2.24) is 14.5 Å². The van der Waals surface area contributed by atoms with Gasteiger partial charge in [0.05, 0.1) is 6.54 Å². The molecule has 1 aromatic carbocycles. The highest BCUT2D eigenvalue weighted by Crippen LogP contribution is 2.29. The van der Waals surface area contributed by atoms with Gasteiger partial charge in [0.1, 0.15) is 5.60 Å². The molecule has 1 aliphatic rings. The Kier molecular flexibility index (Phi) is 5.72. The maximum Gasteiger partial charge on any atom is 0.410 e. The Hall–Kier alpha value is -2.83. The van der Waals surface area contributed by atoms with Gasteiger partial charge in [0.25, 0.3) is 5.56 Å². The van der Waals surface area contributed by atoms with Crippen LogP contribution in [0.2, 0.25) is 0 Å². The third kappa shape index (κ3) is 5.12. The lowest BCUT2D eigenvalue weighted by Gasteiger charge is -2.33. The maximum atomic E-state index is 12.2. The number of carbonyl (C=O) groups excluding carboxylic acids is 1. The Balaban J connectivity index is 1.58. The van der Waals surface area contributed by atoms with Crippen molar-refractivity contribution < 1.29 is 9.53 Å². The zero-order valence-corrected chi connectivity index (χ0v) is 16.6. The Labute approximate surface area is 164 Å². The molecule has 1 aromatic heterocycles. The summed E-state index contributed by atoms with van der Waals surface area (Å²) in [6.07, 6.45) is 3.06. The van der Waals surface area contributed by atoms with Gasteiger partial charge in [-0.3, -0.25) is 14.3 Å². The topological polar surface area (TPSA) is 84.4 Å². The molecule has 1 saturated heterocycles. The summed E-state index contributed by atoms with van der Waals surface area (Å²) >= 11 is 0. The SMILES string of the molecule is CC(C)(C)OC(=O)N1CCC(c2ccc(Cn3ccc(=O)[nH]c3=O)cc2)CC1. The molecule has 1 N–H and O–H groups in total. The molecule has 150 valence electrons. The summed E-state index contributed by atoms with van der Waals surface area (Å²) in [5, 5.41) is 0. The fraction of sp³-hybridized carbons (Fsp3) is 0.476. The quantitative estimate of drug-likeness (QED) is 0.880. The number of aromatic amines is 1. The number of likely N-dealkylation sites (tertiary alicyclic amines) is 1. The van der Waals surface area contributed by atoms with E-state index in [0.717, 1.165) is 18.4 Å². The number of nitrogens with zero attached hydrogens (tertiary/aromatic N) is 2. The van der Waals surface area contributed by atoms with Crippen molar-refractivity contribution in [3.05, 3.63) is 68.5 Å². The van der Waals surface area contributed by atoms with Crippen molar-refractivity contribution in [2.24, 2.45) is 0 Å². The summed E-state index contributed by atoms with van der Waals surface area (Å²) in [4.78, 5) is 39.2. The highest BCUT2D eigenvalue weighted by atomic mass is 16.6. The van der Waals surface area contributed by atoms with Crippen molar-refractivity contribution in [2.75, 3.05) is 13.1 Å². The lowest BCUT2D eigenvalue weighted by Crippen LogP contribution is -2.41. The predicted octanol–water partition coefficient (Wildman–Crippen LogP) is 2.70. The van der Waals surface area contributed by atoms with Crippen molar-refractivity contribution in [1.29, 1.82) is 0 Å². The molecule has 0 radical (unpaired) electrons. The van der Waals surface area contributed by atoms with Crippen molar-refractivity contribution in [3.63, 3.8) is 0 Å². The molecule has 7 heteroatoms. The van der Waals surface area contributed by atoms with Gasteiger partial charge in [-0.2, -0.15) is 0 Å². The Bertz CT molecular complexity index is 930. The van der Waals surface area contributed by atoms with Gasteiger partial charge >= 0.3 is 11.8 Å². The van der Waals surface area contributed by atoms with Crippen LogP contribution in [-0.2, 0) is 11.3 Å². The van der Waals surface area contributed by atoms with Gasteiger partial charge in [-0.25, -0.2) is 9.59 Å². The van der Waals surface area contributed by atoms with Gasteiger partial charge < -0.3 is 9.64 Å². The molecular formula is C21H27N3O4. The number of benzene rings is 1. The second kappa shape index (κ2) is 8.04. The van der Waals surface area contributed by atoms with Crippen LogP contribution in [0.5, 0.6) is 0 Å². The molecule has 28 heavy (non-hydrogen) atoms. The van der Waals surface area contributed by atoms with Gasteiger partial charge in [0.2, 0.25) is 0 Å². The van der Waals surface area contributed by atoms with E-state index in [1.165, 1.54) is 22.4 Å². The molecule has 1 aliphatic heterocycles. The lowest BCUT2D eigenvalue weighted by atomic mass is 9.89. The summed E-state index contributed by atoms with van der Waals surface area (Å²) in [5.41, 5.74) is 0.947. The van der Waals surface area contributed by atoms with Gasteiger partial charge in [-0.15, -0.1) is 0 Å². The van der Waals surface area contributed by atoms with E-state index < -0.39 is 16.9 Å². The van der Waals surface area contributed by atoms with Crippen LogP contribution in [0.3, 0.4) is 0 Å². The molecule has 0 spiro atoms. The summed E-state index contributed by atoms with van der Waals surface area (Å²) in [5.74, 6) is 0.406.